The van der Waals surface area contributed by atoms with Crippen molar-refractivity contribution in [3.63, 3.8) is 0 Å². The number of nitrogens with zero attached hydrogens (tertiary/aromatic N) is 9. The highest BCUT2D eigenvalue weighted by molar-refractivity contribution is 6.02. The molecule has 5 atom stereocenters. The lowest BCUT2D eigenvalue weighted by Gasteiger charge is -2.38. The number of hydrogen-bond acceptors (Lipinski definition) is 14. The molecule has 9 heterocycles. The maximum absolute atomic E-state index is 17.2. The van der Waals surface area contributed by atoms with E-state index in [-0.39, 0.29) is 59.2 Å². The fraction of sp³-hybridized carbons (Fsp3) is 0.527. The molecule has 17 nitrogen and oxygen atoms in total. The number of benzene rings is 3. The van der Waals surface area contributed by atoms with Crippen LogP contribution in [0.25, 0.3) is 44.0 Å². The molecule has 3 unspecified atom stereocenters. The number of likely N-dealkylation sites (tertiary alicyclic amines) is 2. The highest BCUT2D eigenvalue weighted by Crippen LogP contribution is 2.40. The molecule has 19 heteroatoms. The lowest BCUT2D eigenvalue weighted by Crippen LogP contribution is -2.51. The van der Waals surface area contributed by atoms with E-state index in [1.54, 1.807) is 29.9 Å². The van der Waals surface area contributed by atoms with Gasteiger partial charge in [-0.05, 0) is 123 Å². The second-order valence-corrected chi connectivity index (χ2v) is 21.7. The summed E-state index contributed by atoms with van der Waals surface area (Å²) >= 11 is 0. The number of phenols is 1. The molecule has 6 saturated heterocycles. The number of hydrogen-bond donors (Lipinski definition) is 3. The lowest BCUT2D eigenvalue weighted by molar-refractivity contribution is -0.135. The van der Waals surface area contributed by atoms with Gasteiger partial charge in [-0.1, -0.05) is 13.0 Å². The molecule has 2 amide bonds. The van der Waals surface area contributed by atoms with Gasteiger partial charge in [0, 0.05) is 101 Å². The molecule has 0 aliphatic carbocycles. The standard InChI is InChI=1S/C55H65F2N11O6/c1-4-40-43(56)9-5-32-21-37(69)24-41(48(32)40)50-49(57)51-42(25-58-50)52(67-27-33-6-7-34(28-67)59-33)62-54(61-51)73-30-36-22-39(29-63(36)2)74-38-15-17-65(18-16-38)26-31-13-19-66(20-14-31)35-8-10-44-46(23-35)64(3)55(72)68(44)45-11-12-47(70)60-53(45)71/h5,8-10,21,23-25,31,33-34,36,38-39,45,59,69H,4,6-7,11-20,22,26-30H2,1-3H3,(H,60,70,71)/t33?,34?,36-,39+,45?/m0/s1. The van der Waals surface area contributed by atoms with Crippen LogP contribution in [0.5, 0.6) is 11.8 Å². The molecule has 3 aromatic heterocycles. The van der Waals surface area contributed by atoms with Crippen molar-refractivity contribution in [2.75, 3.05) is 75.8 Å². The predicted octanol–water partition coefficient (Wildman–Crippen LogP) is 5.81. The van der Waals surface area contributed by atoms with Crippen molar-refractivity contribution in [2.24, 2.45) is 13.0 Å². The number of aromatic hydroxyl groups is 1. The zero-order chi connectivity index (χ0) is 50.9. The summed E-state index contributed by atoms with van der Waals surface area (Å²) in [5, 5.41) is 18.4. The molecule has 6 fully saturated rings. The first-order valence-corrected chi connectivity index (χ1v) is 26.7. The number of aryl methyl sites for hydroxylation is 2. The van der Waals surface area contributed by atoms with E-state index in [1.165, 1.54) is 16.7 Å². The van der Waals surface area contributed by atoms with Crippen LogP contribution < -0.4 is 30.9 Å². The van der Waals surface area contributed by atoms with Crippen LogP contribution in [0, 0.1) is 17.6 Å². The van der Waals surface area contributed by atoms with E-state index < -0.39 is 23.6 Å². The third-order valence-corrected chi connectivity index (χ3v) is 17.0. The molecule has 2 bridgehead atoms. The van der Waals surface area contributed by atoms with Gasteiger partial charge in [0.1, 0.15) is 41.2 Å². The van der Waals surface area contributed by atoms with Crippen LogP contribution in [0.4, 0.5) is 20.3 Å². The van der Waals surface area contributed by atoms with Crippen LogP contribution in [-0.4, -0.2) is 147 Å². The largest absolute Gasteiger partial charge is 0.508 e. The number of likely N-dealkylation sites (N-methyl/N-ethyl adjacent to an activating group) is 1. The van der Waals surface area contributed by atoms with Gasteiger partial charge in [0.05, 0.1) is 28.6 Å². The minimum atomic E-state index is -0.701. The number of ether oxygens (including phenoxy) is 2. The van der Waals surface area contributed by atoms with E-state index >= 15 is 8.78 Å². The maximum atomic E-state index is 17.2. The summed E-state index contributed by atoms with van der Waals surface area (Å²) in [6.45, 7) is 9.27. The first-order chi connectivity index (χ1) is 35.8. The Bertz CT molecular complexity index is 3210. The number of carbonyl (C=O) groups is 2. The number of piperazine rings is 1. The number of anilines is 2. The average molecular weight is 1010 g/mol. The molecule has 6 aliphatic rings. The normalized spacial score (nSPS) is 24.5. The van der Waals surface area contributed by atoms with Crippen molar-refractivity contribution in [2.45, 2.75) is 108 Å². The molecule has 0 radical (unpaired) electrons. The third-order valence-electron chi connectivity index (χ3n) is 17.0. The minimum Gasteiger partial charge on any atom is -0.508 e. The van der Waals surface area contributed by atoms with Crippen molar-refractivity contribution >= 4 is 56.0 Å². The molecular formula is C55H65F2N11O6. The fourth-order valence-electron chi connectivity index (χ4n) is 13.0. The number of imide groups is 1. The zero-order valence-electron chi connectivity index (χ0n) is 42.4. The summed E-state index contributed by atoms with van der Waals surface area (Å²) in [6.07, 6.45) is 9.76. The van der Waals surface area contributed by atoms with Gasteiger partial charge in [-0.2, -0.15) is 9.97 Å². The van der Waals surface area contributed by atoms with Gasteiger partial charge in [-0.15, -0.1) is 0 Å². The second-order valence-electron chi connectivity index (χ2n) is 21.7. The summed E-state index contributed by atoms with van der Waals surface area (Å²) < 4.78 is 48.7. The number of nitrogens with one attached hydrogen (secondary N) is 2. The Kier molecular flexibility index (Phi) is 13.0. The monoisotopic (exact) mass is 1010 g/mol. The number of halogens is 2. The molecule has 0 saturated carbocycles. The SMILES string of the molecule is CCc1c(F)ccc2cc(O)cc(-c3ncc4c(N5CC6CCC(C5)N6)nc(OC[C@@H]5C[C@@H](OC6CCN(CC7CCN(c8ccc9c(c8)n(C)c(=O)n9C8CCC(=O)NC8=O)CC7)CC6)CN5C)nc4c3F)c12. The molecule has 390 valence electrons. The van der Waals surface area contributed by atoms with Crippen LogP contribution in [0.1, 0.15) is 76.3 Å². The summed E-state index contributed by atoms with van der Waals surface area (Å²) in [5.41, 5.74) is 3.05. The van der Waals surface area contributed by atoms with Crippen LogP contribution in [0.15, 0.2) is 53.5 Å². The van der Waals surface area contributed by atoms with E-state index in [1.807, 2.05) is 19.1 Å². The van der Waals surface area contributed by atoms with Crippen LogP contribution >= 0.6 is 0 Å². The first kappa shape index (κ1) is 48.6. The Labute approximate surface area is 427 Å². The molecule has 3 N–H and O–H groups in total. The van der Waals surface area contributed by atoms with Gasteiger partial charge < -0.3 is 34.6 Å². The second kappa shape index (κ2) is 19.8. The Morgan fingerprint density at radius 1 is 0.838 bits per heavy atom. The van der Waals surface area contributed by atoms with Crippen molar-refractivity contribution in [1.29, 1.82) is 0 Å². The number of fused-ring (bicyclic) bond motifs is 5. The molecular weight excluding hydrogens is 949 g/mol. The smallest absolute Gasteiger partial charge is 0.329 e. The molecule has 3 aromatic carbocycles. The quantitative estimate of drug-likeness (QED) is 0.125. The van der Waals surface area contributed by atoms with E-state index in [0.29, 0.717) is 89.2 Å². The summed E-state index contributed by atoms with van der Waals surface area (Å²) in [4.78, 5) is 61.5. The Hall–Kier alpha value is -6.28. The van der Waals surface area contributed by atoms with Gasteiger partial charge in [0.2, 0.25) is 11.8 Å². The van der Waals surface area contributed by atoms with E-state index in [4.69, 9.17) is 19.4 Å². The maximum Gasteiger partial charge on any atom is 0.329 e. The summed E-state index contributed by atoms with van der Waals surface area (Å²) in [6, 6.07) is 12.0. The number of imidazole rings is 1. The predicted molar refractivity (Wildman–Crippen MR) is 278 cm³/mol. The fourth-order valence-corrected chi connectivity index (χ4v) is 13.0. The van der Waals surface area contributed by atoms with Crippen molar-refractivity contribution in [1.82, 2.24) is 44.5 Å². The van der Waals surface area contributed by atoms with Crippen LogP contribution in [-0.2, 0) is 27.8 Å². The molecule has 6 aromatic rings. The van der Waals surface area contributed by atoms with Crippen molar-refractivity contribution < 1.29 is 33.0 Å². The van der Waals surface area contributed by atoms with E-state index in [9.17, 15) is 19.5 Å². The number of aromatic nitrogens is 5. The number of rotatable bonds is 12. The van der Waals surface area contributed by atoms with Crippen molar-refractivity contribution in [3.8, 4) is 23.0 Å². The first-order valence-electron chi connectivity index (χ1n) is 26.7. The number of carbonyl (C=O) groups excluding carboxylic acids is 2. The Balaban J connectivity index is 0.666. The third kappa shape index (κ3) is 9.12. The molecule has 6 aliphatic heterocycles. The zero-order valence-corrected chi connectivity index (χ0v) is 42.4. The van der Waals surface area contributed by atoms with Crippen molar-refractivity contribution in [3.05, 3.63) is 76.3 Å². The van der Waals surface area contributed by atoms with Gasteiger partial charge >= 0.3 is 11.7 Å². The van der Waals surface area contributed by atoms with Crippen LogP contribution in [0.3, 0.4) is 0 Å². The van der Waals surface area contributed by atoms with E-state index in [0.717, 1.165) is 95.4 Å². The van der Waals surface area contributed by atoms with Crippen LogP contribution in [0.2, 0.25) is 0 Å². The van der Waals surface area contributed by atoms with E-state index in [2.05, 4.69) is 48.3 Å². The highest BCUT2D eigenvalue weighted by atomic mass is 19.1. The number of piperidine rings is 3. The molecule has 74 heavy (non-hydrogen) atoms. The number of amides is 2. The molecule has 0 spiro atoms. The topological polar surface area (TPSA) is 175 Å². The number of phenolic OH excluding ortho intramolecular Hbond substituents is 1. The van der Waals surface area contributed by atoms with Gasteiger partial charge in [-0.25, -0.2) is 13.6 Å². The minimum absolute atomic E-state index is 0.0256. The summed E-state index contributed by atoms with van der Waals surface area (Å²) in [7, 11) is 3.82. The Morgan fingerprint density at radius 2 is 1.62 bits per heavy atom. The van der Waals surface area contributed by atoms with Gasteiger partial charge in [0.15, 0.2) is 5.82 Å². The molecule has 12 rings (SSSR count). The van der Waals surface area contributed by atoms with Gasteiger partial charge in [-0.3, -0.25) is 33.9 Å². The number of pyridine rings is 1. The highest BCUT2D eigenvalue weighted by Gasteiger charge is 2.37. The average Bonchev–Trinajstić information content (AvgIpc) is 4.02. The summed E-state index contributed by atoms with van der Waals surface area (Å²) in [5.74, 6) is -0.713. The Morgan fingerprint density at radius 3 is 2.38 bits per heavy atom. The van der Waals surface area contributed by atoms with Gasteiger partial charge in [0.25, 0.3) is 0 Å². The lowest BCUT2D eigenvalue weighted by atomic mass is 9.94.